The predicted molar refractivity (Wildman–Crippen MR) is 123 cm³/mol. The summed E-state index contributed by atoms with van der Waals surface area (Å²) < 4.78 is 21.4. The number of H-pyrrole nitrogens is 2. The largest absolute Gasteiger partial charge is 0.493 e. The van der Waals surface area contributed by atoms with Gasteiger partial charge in [-0.25, -0.2) is 4.79 Å². The molecule has 3 aromatic rings. The zero-order chi connectivity index (χ0) is 24.6. The molecule has 6 rings (SSSR count). The molecule has 3 aliphatic rings. The van der Waals surface area contributed by atoms with E-state index in [1.807, 2.05) is 0 Å². The van der Waals surface area contributed by atoms with E-state index in [1.54, 1.807) is 17.0 Å². The Morgan fingerprint density at radius 2 is 1.86 bits per heavy atom. The Morgan fingerprint density at radius 3 is 2.54 bits per heavy atom. The quantitative estimate of drug-likeness (QED) is 0.542. The second-order valence-electron chi connectivity index (χ2n) is 8.92. The number of nitrogens with one attached hydrogen (secondary N) is 2. The summed E-state index contributed by atoms with van der Waals surface area (Å²) in [7, 11) is 5.87. The fourth-order valence-corrected chi connectivity index (χ4v) is 5.81. The van der Waals surface area contributed by atoms with Crippen LogP contribution in [0.25, 0.3) is 10.9 Å². The number of carbonyl (C=O) groups excluding carboxylic acids is 3. The number of ether oxygens (including phenoxy) is 4. The highest BCUT2D eigenvalue weighted by Crippen LogP contribution is 2.67. The topological polar surface area (TPSA) is 123 Å². The lowest BCUT2D eigenvalue weighted by molar-refractivity contribution is 0.0599. The first-order valence-corrected chi connectivity index (χ1v) is 11.1. The number of allylic oxidation sites excluding steroid dienone is 2. The summed E-state index contributed by atoms with van der Waals surface area (Å²) in [5.74, 6) is 0.385. The van der Waals surface area contributed by atoms with E-state index in [4.69, 9.17) is 18.9 Å². The summed E-state index contributed by atoms with van der Waals surface area (Å²) in [6.07, 6.45) is 3.80. The zero-order valence-electron chi connectivity index (χ0n) is 19.6. The maximum absolute atomic E-state index is 13.7. The lowest BCUT2D eigenvalue weighted by Crippen LogP contribution is -2.34. The van der Waals surface area contributed by atoms with Gasteiger partial charge in [0, 0.05) is 40.9 Å². The van der Waals surface area contributed by atoms with E-state index in [0.29, 0.717) is 57.5 Å². The van der Waals surface area contributed by atoms with Crippen molar-refractivity contribution in [3.63, 3.8) is 0 Å². The third-order valence-electron chi connectivity index (χ3n) is 7.40. The Bertz CT molecular complexity index is 1480. The number of amides is 1. The number of carbonyl (C=O) groups is 3. The molecule has 10 heteroatoms. The van der Waals surface area contributed by atoms with Gasteiger partial charge in [0.1, 0.15) is 5.69 Å². The second kappa shape index (κ2) is 7.14. The number of esters is 1. The molecule has 35 heavy (non-hydrogen) atoms. The molecule has 0 bridgehead atoms. The van der Waals surface area contributed by atoms with Gasteiger partial charge in [0.25, 0.3) is 5.91 Å². The van der Waals surface area contributed by atoms with Gasteiger partial charge in [-0.3, -0.25) is 9.59 Å². The molecule has 180 valence electrons. The van der Waals surface area contributed by atoms with E-state index >= 15 is 0 Å². The molecule has 2 atom stereocenters. The monoisotopic (exact) mass is 477 g/mol. The SMILES string of the molecule is COC(=O)c1c[nH]c2c1[C@@]13C[C@@H]1CN(C(=O)c1cc4cc(OC)c(OC)c(OC)c4[nH]1)C3=CC2=O. The fourth-order valence-electron chi connectivity index (χ4n) is 5.81. The minimum Gasteiger partial charge on any atom is -0.493 e. The number of benzene rings is 1. The van der Waals surface area contributed by atoms with Crippen LogP contribution in [0.2, 0.25) is 0 Å². The first-order valence-electron chi connectivity index (χ1n) is 11.1. The summed E-state index contributed by atoms with van der Waals surface area (Å²) in [4.78, 5) is 46.8. The van der Waals surface area contributed by atoms with Crippen molar-refractivity contribution in [1.29, 1.82) is 0 Å². The van der Waals surface area contributed by atoms with Crippen LogP contribution in [0.3, 0.4) is 0 Å². The number of piperidine rings is 1. The Balaban J connectivity index is 1.42. The standard InChI is InChI=1S/C25H23N3O7/c1-32-16-6-11-5-14(27-19(11)22(34-3)21(16)33-2)23(30)28-10-12-8-25(12)17(28)7-15(29)20-18(25)13(9-26-20)24(31)35-4/h5-7,9,12,26-27H,8,10H2,1-4H3/t12-,25+/m1/s1. The highest BCUT2D eigenvalue weighted by molar-refractivity contribution is 6.11. The van der Waals surface area contributed by atoms with Crippen molar-refractivity contribution < 1.29 is 33.3 Å². The van der Waals surface area contributed by atoms with Crippen LogP contribution in [-0.4, -0.2) is 67.5 Å². The zero-order valence-corrected chi connectivity index (χ0v) is 19.6. The average molecular weight is 477 g/mol. The number of aromatic amines is 2. The molecule has 2 aliphatic carbocycles. The molecule has 1 aliphatic heterocycles. The summed E-state index contributed by atoms with van der Waals surface area (Å²) >= 11 is 0. The number of methoxy groups -OCH3 is 4. The average Bonchev–Trinajstić information content (AvgIpc) is 3.21. The van der Waals surface area contributed by atoms with E-state index in [1.165, 1.54) is 40.7 Å². The van der Waals surface area contributed by atoms with Gasteiger partial charge in [-0.2, -0.15) is 0 Å². The molecule has 1 aromatic carbocycles. The van der Waals surface area contributed by atoms with Crippen molar-refractivity contribution in [3.05, 3.63) is 52.6 Å². The van der Waals surface area contributed by atoms with E-state index in [9.17, 15) is 14.4 Å². The number of rotatable bonds is 5. The predicted octanol–water partition coefficient (Wildman–Crippen LogP) is 2.80. The Hall–Kier alpha value is -4.21. The summed E-state index contributed by atoms with van der Waals surface area (Å²) in [5.41, 5.74) is 2.39. The second-order valence-corrected chi connectivity index (χ2v) is 8.92. The van der Waals surface area contributed by atoms with Crippen molar-refractivity contribution in [1.82, 2.24) is 14.9 Å². The molecular formula is C25H23N3O7. The number of likely N-dealkylation sites (tertiary alicyclic amines) is 1. The van der Waals surface area contributed by atoms with Gasteiger partial charge in [-0.15, -0.1) is 0 Å². The molecule has 10 nitrogen and oxygen atoms in total. The highest BCUT2D eigenvalue weighted by Gasteiger charge is 2.68. The molecule has 1 amide bonds. The maximum Gasteiger partial charge on any atom is 0.339 e. The van der Waals surface area contributed by atoms with Gasteiger partial charge >= 0.3 is 5.97 Å². The Kier molecular flexibility index (Phi) is 4.35. The lowest BCUT2D eigenvalue weighted by atomic mass is 9.83. The number of hydrogen-bond acceptors (Lipinski definition) is 7. The molecule has 1 saturated heterocycles. The smallest absolute Gasteiger partial charge is 0.339 e. The summed E-state index contributed by atoms with van der Waals surface area (Å²) in [6.45, 7) is 0.447. The van der Waals surface area contributed by atoms with Crippen molar-refractivity contribution in [3.8, 4) is 17.2 Å². The summed E-state index contributed by atoms with van der Waals surface area (Å²) in [5, 5.41) is 0.719. The minimum absolute atomic E-state index is 0.114. The Morgan fingerprint density at radius 1 is 1.09 bits per heavy atom. The maximum atomic E-state index is 13.7. The number of hydrogen-bond donors (Lipinski definition) is 2. The minimum atomic E-state index is -0.543. The van der Waals surface area contributed by atoms with Crippen molar-refractivity contribution >= 4 is 28.6 Å². The molecule has 2 aromatic heterocycles. The summed E-state index contributed by atoms with van der Waals surface area (Å²) in [6, 6.07) is 3.50. The molecule has 0 radical (unpaired) electrons. The van der Waals surface area contributed by atoms with Crippen LogP contribution < -0.4 is 14.2 Å². The molecule has 2 N–H and O–H groups in total. The molecule has 1 spiro atoms. The molecule has 0 unspecified atom stereocenters. The Labute approximate surface area is 199 Å². The third kappa shape index (κ3) is 2.62. The number of nitrogens with zero attached hydrogens (tertiary/aromatic N) is 1. The molecule has 3 heterocycles. The van der Waals surface area contributed by atoms with Gasteiger partial charge in [0.2, 0.25) is 11.5 Å². The first kappa shape index (κ1) is 21.3. The number of fused-ring (bicyclic) bond motifs is 2. The number of aromatic nitrogens is 2. The fraction of sp³-hybridized carbons (Fsp3) is 0.320. The van der Waals surface area contributed by atoms with E-state index in [2.05, 4.69) is 9.97 Å². The van der Waals surface area contributed by atoms with Crippen LogP contribution in [0.5, 0.6) is 17.2 Å². The molecular weight excluding hydrogens is 454 g/mol. The first-order chi connectivity index (χ1) is 16.9. The van der Waals surface area contributed by atoms with Crippen LogP contribution in [0.1, 0.15) is 43.3 Å². The molecule has 1 saturated carbocycles. The van der Waals surface area contributed by atoms with E-state index in [-0.39, 0.29) is 17.6 Å². The van der Waals surface area contributed by atoms with Gasteiger partial charge < -0.3 is 33.8 Å². The van der Waals surface area contributed by atoms with Crippen LogP contribution in [0.4, 0.5) is 0 Å². The van der Waals surface area contributed by atoms with Crippen molar-refractivity contribution in [2.24, 2.45) is 5.92 Å². The number of ketones is 1. The molecule has 2 fully saturated rings. The van der Waals surface area contributed by atoms with Gasteiger partial charge in [0.15, 0.2) is 11.5 Å². The van der Waals surface area contributed by atoms with Crippen molar-refractivity contribution in [2.75, 3.05) is 35.0 Å². The normalized spacial score (nSPS) is 21.7. The van der Waals surface area contributed by atoms with Crippen LogP contribution in [0.15, 0.2) is 30.1 Å². The van der Waals surface area contributed by atoms with Crippen LogP contribution in [-0.2, 0) is 10.2 Å². The highest BCUT2D eigenvalue weighted by atomic mass is 16.5. The third-order valence-corrected chi connectivity index (χ3v) is 7.40. The van der Waals surface area contributed by atoms with Gasteiger partial charge in [-0.05, 0) is 24.5 Å². The van der Waals surface area contributed by atoms with Crippen LogP contribution in [0, 0.1) is 5.92 Å². The van der Waals surface area contributed by atoms with Gasteiger partial charge in [-0.1, -0.05) is 0 Å². The lowest BCUT2D eigenvalue weighted by Gasteiger charge is -2.28. The van der Waals surface area contributed by atoms with Gasteiger partial charge in [0.05, 0.1) is 45.2 Å². The van der Waals surface area contributed by atoms with Crippen LogP contribution >= 0.6 is 0 Å². The van der Waals surface area contributed by atoms with E-state index in [0.717, 1.165) is 11.8 Å². The van der Waals surface area contributed by atoms with E-state index < -0.39 is 11.4 Å². The van der Waals surface area contributed by atoms with Crippen molar-refractivity contribution in [2.45, 2.75) is 11.8 Å².